The molecule has 0 aromatic heterocycles. The van der Waals surface area contributed by atoms with E-state index in [-0.39, 0.29) is 29.8 Å². The molecule has 0 aliphatic carbocycles. The van der Waals surface area contributed by atoms with Gasteiger partial charge in [0, 0.05) is 13.1 Å². The van der Waals surface area contributed by atoms with Gasteiger partial charge in [-0.15, -0.1) is 0 Å². The van der Waals surface area contributed by atoms with E-state index in [1.807, 2.05) is 72.8 Å². The monoisotopic (exact) mass is 481 g/mol. The van der Waals surface area contributed by atoms with Crippen LogP contribution in [0.25, 0.3) is 0 Å². The van der Waals surface area contributed by atoms with Gasteiger partial charge < -0.3 is 19.8 Å². The molecule has 0 aliphatic heterocycles. The summed E-state index contributed by atoms with van der Waals surface area (Å²) < 4.78 is 5.83. The molecule has 4 rings (SSSR count). The number of ether oxygens (including phenoxy) is 1. The Morgan fingerprint density at radius 2 is 1.17 bits per heavy atom. The average molecular weight is 482 g/mol. The lowest BCUT2D eigenvalue weighted by Gasteiger charge is -2.24. The summed E-state index contributed by atoms with van der Waals surface area (Å²) >= 11 is 0. The summed E-state index contributed by atoms with van der Waals surface area (Å²) in [4.78, 5) is 38.4. The van der Waals surface area contributed by atoms with Crippen LogP contribution in [0, 0.1) is 0 Å². The first kappa shape index (κ1) is 24.2. The molecular formula is C29H23NO6. The Hall–Kier alpha value is -4.91. The third kappa shape index (κ3) is 5.95. The van der Waals surface area contributed by atoms with Crippen LogP contribution in [0.15, 0.2) is 103 Å². The minimum absolute atomic E-state index is 0.162. The normalized spacial score (nSPS) is 10.4. The van der Waals surface area contributed by atoms with Crippen LogP contribution in [0.1, 0.15) is 42.2 Å². The van der Waals surface area contributed by atoms with Crippen molar-refractivity contribution in [2.45, 2.75) is 13.1 Å². The SMILES string of the molecule is O=C(O)c1ccc(C(=O)O)c(C(=O)N(Cc2ccccc2)Cc2ccc(Oc3ccccc3)cc2)c1. The van der Waals surface area contributed by atoms with Gasteiger partial charge in [-0.25, -0.2) is 9.59 Å². The van der Waals surface area contributed by atoms with Crippen molar-refractivity contribution in [3.8, 4) is 11.5 Å². The zero-order valence-electron chi connectivity index (χ0n) is 19.2. The molecule has 0 radical (unpaired) electrons. The number of hydrogen-bond donors (Lipinski definition) is 2. The van der Waals surface area contributed by atoms with Crippen LogP contribution in [0.3, 0.4) is 0 Å². The highest BCUT2D eigenvalue weighted by atomic mass is 16.5. The van der Waals surface area contributed by atoms with Crippen LogP contribution in [-0.4, -0.2) is 33.0 Å². The Labute approximate surface area is 207 Å². The molecule has 4 aromatic rings. The van der Waals surface area contributed by atoms with Crippen LogP contribution in [0.4, 0.5) is 0 Å². The second-order valence-corrected chi connectivity index (χ2v) is 8.08. The van der Waals surface area contributed by atoms with Gasteiger partial charge in [0.2, 0.25) is 0 Å². The van der Waals surface area contributed by atoms with Crippen molar-refractivity contribution in [3.63, 3.8) is 0 Å². The van der Waals surface area contributed by atoms with E-state index in [0.717, 1.165) is 23.3 Å². The number of para-hydroxylation sites is 1. The first-order valence-electron chi connectivity index (χ1n) is 11.2. The summed E-state index contributed by atoms with van der Waals surface area (Å²) in [6.45, 7) is 0.383. The highest BCUT2D eigenvalue weighted by Crippen LogP contribution is 2.23. The topological polar surface area (TPSA) is 104 Å². The van der Waals surface area contributed by atoms with E-state index in [4.69, 9.17) is 4.74 Å². The average Bonchev–Trinajstić information content (AvgIpc) is 2.89. The van der Waals surface area contributed by atoms with Crippen molar-refractivity contribution in [2.75, 3.05) is 0 Å². The number of rotatable bonds is 9. The van der Waals surface area contributed by atoms with E-state index in [0.29, 0.717) is 11.5 Å². The molecule has 4 aromatic carbocycles. The van der Waals surface area contributed by atoms with Crippen molar-refractivity contribution < 1.29 is 29.3 Å². The van der Waals surface area contributed by atoms with Crippen molar-refractivity contribution in [2.24, 2.45) is 0 Å². The van der Waals surface area contributed by atoms with E-state index in [2.05, 4.69) is 0 Å². The lowest BCUT2D eigenvalue weighted by atomic mass is 10.0. The maximum atomic E-state index is 13.6. The molecule has 0 fully saturated rings. The van der Waals surface area contributed by atoms with Gasteiger partial charge in [-0.2, -0.15) is 0 Å². The van der Waals surface area contributed by atoms with Crippen molar-refractivity contribution in [3.05, 3.63) is 131 Å². The number of hydrogen-bond acceptors (Lipinski definition) is 4. The standard InChI is InChI=1S/C29H23NO6/c31-27(26-17-22(28(32)33)13-16-25(26)29(34)35)30(18-20-7-3-1-4-8-20)19-21-11-14-24(15-12-21)36-23-9-5-2-6-10-23/h1-17H,18-19H2,(H,32,33)(H,34,35). The number of carboxylic acid groups (broad SMARTS) is 2. The molecule has 7 heteroatoms. The van der Waals surface area contributed by atoms with Gasteiger partial charge in [-0.05, 0) is 53.6 Å². The van der Waals surface area contributed by atoms with Crippen LogP contribution in [0.5, 0.6) is 11.5 Å². The first-order valence-corrected chi connectivity index (χ1v) is 11.2. The Kier molecular flexibility index (Phi) is 7.41. The fourth-order valence-electron chi connectivity index (χ4n) is 3.72. The molecule has 0 atom stereocenters. The van der Waals surface area contributed by atoms with Crippen LogP contribution < -0.4 is 4.74 Å². The minimum atomic E-state index is -1.31. The minimum Gasteiger partial charge on any atom is -0.478 e. The molecule has 1 amide bonds. The Bertz CT molecular complexity index is 1370. The van der Waals surface area contributed by atoms with Crippen molar-refractivity contribution in [1.29, 1.82) is 0 Å². The fourth-order valence-corrected chi connectivity index (χ4v) is 3.72. The highest BCUT2D eigenvalue weighted by molar-refractivity contribution is 6.06. The number of aromatic carboxylic acids is 2. The molecule has 0 saturated carbocycles. The highest BCUT2D eigenvalue weighted by Gasteiger charge is 2.24. The van der Waals surface area contributed by atoms with E-state index in [1.54, 1.807) is 12.1 Å². The molecular weight excluding hydrogens is 458 g/mol. The number of carbonyl (C=O) groups excluding carboxylic acids is 1. The third-order valence-corrected chi connectivity index (χ3v) is 5.51. The smallest absolute Gasteiger partial charge is 0.336 e. The molecule has 0 aliphatic rings. The first-order chi connectivity index (χ1) is 17.4. The van der Waals surface area contributed by atoms with Gasteiger partial charge in [-0.1, -0.05) is 60.7 Å². The number of carbonyl (C=O) groups is 3. The summed E-state index contributed by atoms with van der Waals surface area (Å²) in [7, 11) is 0. The molecule has 0 unspecified atom stereocenters. The van der Waals surface area contributed by atoms with Gasteiger partial charge in [0.1, 0.15) is 11.5 Å². The molecule has 7 nitrogen and oxygen atoms in total. The van der Waals surface area contributed by atoms with Gasteiger partial charge in [0.05, 0.1) is 16.7 Å². The zero-order valence-corrected chi connectivity index (χ0v) is 19.2. The van der Waals surface area contributed by atoms with Gasteiger partial charge in [-0.3, -0.25) is 4.79 Å². The van der Waals surface area contributed by atoms with E-state index >= 15 is 0 Å². The van der Waals surface area contributed by atoms with E-state index in [9.17, 15) is 24.6 Å². The maximum absolute atomic E-state index is 13.6. The quantitative estimate of drug-likeness (QED) is 0.317. The fraction of sp³-hybridized carbons (Fsp3) is 0.0690. The van der Waals surface area contributed by atoms with Crippen LogP contribution >= 0.6 is 0 Å². The predicted octanol–water partition coefficient (Wildman–Crippen LogP) is 5.72. The van der Waals surface area contributed by atoms with Crippen LogP contribution in [0.2, 0.25) is 0 Å². The molecule has 0 saturated heterocycles. The van der Waals surface area contributed by atoms with Gasteiger partial charge >= 0.3 is 11.9 Å². The largest absolute Gasteiger partial charge is 0.478 e. The number of carboxylic acids is 2. The van der Waals surface area contributed by atoms with Crippen molar-refractivity contribution in [1.82, 2.24) is 4.90 Å². The second-order valence-electron chi connectivity index (χ2n) is 8.08. The maximum Gasteiger partial charge on any atom is 0.336 e. The lowest BCUT2D eigenvalue weighted by molar-refractivity contribution is 0.0663. The van der Waals surface area contributed by atoms with E-state index < -0.39 is 17.8 Å². The van der Waals surface area contributed by atoms with Crippen LogP contribution in [-0.2, 0) is 13.1 Å². The second kappa shape index (κ2) is 11.0. The third-order valence-electron chi connectivity index (χ3n) is 5.51. The summed E-state index contributed by atoms with van der Waals surface area (Å²) in [5, 5.41) is 19.0. The Morgan fingerprint density at radius 3 is 1.75 bits per heavy atom. The lowest BCUT2D eigenvalue weighted by Crippen LogP contribution is -2.31. The summed E-state index contributed by atoms with van der Waals surface area (Å²) in [6.07, 6.45) is 0. The molecule has 180 valence electrons. The molecule has 36 heavy (non-hydrogen) atoms. The Morgan fingerprint density at radius 1 is 0.611 bits per heavy atom. The molecule has 0 spiro atoms. The number of amides is 1. The zero-order chi connectivity index (χ0) is 25.5. The van der Waals surface area contributed by atoms with Gasteiger partial charge in [0.25, 0.3) is 5.91 Å². The summed E-state index contributed by atoms with van der Waals surface area (Å²) in [5.41, 5.74) is 1.05. The molecule has 0 heterocycles. The van der Waals surface area contributed by atoms with Crippen molar-refractivity contribution >= 4 is 17.8 Å². The Balaban J connectivity index is 1.63. The van der Waals surface area contributed by atoms with E-state index in [1.165, 1.54) is 11.0 Å². The number of benzene rings is 4. The summed E-state index contributed by atoms with van der Waals surface area (Å²) in [5.74, 6) is -1.80. The predicted molar refractivity (Wildman–Crippen MR) is 133 cm³/mol. The summed E-state index contributed by atoms with van der Waals surface area (Å²) in [6, 6.07) is 29.3. The molecule has 2 N–H and O–H groups in total. The van der Waals surface area contributed by atoms with Gasteiger partial charge in [0.15, 0.2) is 0 Å². The molecule has 0 bridgehead atoms. The number of nitrogens with zero attached hydrogens (tertiary/aromatic N) is 1.